The topological polar surface area (TPSA) is 67.1 Å². The third-order valence-corrected chi connectivity index (χ3v) is 4.04. The van der Waals surface area contributed by atoms with Crippen molar-refractivity contribution in [3.8, 4) is 11.4 Å². The van der Waals surface area contributed by atoms with E-state index in [2.05, 4.69) is 20.6 Å². The molecule has 0 radical (unpaired) electrons. The number of hydrogen-bond acceptors (Lipinski definition) is 5. The second-order valence-electron chi connectivity index (χ2n) is 5.60. The van der Waals surface area contributed by atoms with Gasteiger partial charge in [0.2, 0.25) is 0 Å². The molecule has 0 aliphatic carbocycles. The first-order valence-corrected chi connectivity index (χ1v) is 7.54. The molecular formula is C16H18N6. The number of anilines is 1. The number of aryl methyl sites for hydroxylation is 1. The first kappa shape index (κ1) is 13.2. The van der Waals surface area contributed by atoms with Crippen LogP contribution in [-0.4, -0.2) is 38.5 Å². The van der Waals surface area contributed by atoms with Crippen LogP contribution in [0.1, 0.15) is 12.1 Å². The van der Waals surface area contributed by atoms with Crippen molar-refractivity contribution in [1.29, 1.82) is 0 Å². The van der Waals surface area contributed by atoms with Gasteiger partial charge in [0, 0.05) is 18.8 Å². The molecule has 1 aliphatic heterocycles. The number of aromatic nitrogens is 4. The molecule has 1 saturated heterocycles. The van der Waals surface area contributed by atoms with Crippen LogP contribution in [0.2, 0.25) is 0 Å². The van der Waals surface area contributed by atoms with E-state index in [1.165, 1.54) is 0 Å². The molecule has 0 saturated carbocycles. The van der Waals surface area contributed by atoms with E-state index in [1.807, 2.05) is 48.1 Å². The fourth-order valence-electron chi connectivity index (χ4n) is 2.80. The second-order valence-corrected chi connectivity index (χ2v) is 5.60. The first-order chi connectivity index (χ1) is 10.8. The molecule has 2 N–H and O–H groups in total. The number of nitrogens with zero attached hydrogens (tertiary/aromatic N) is 4. The number of fused-ring (bicyclic) bond motifs is 1. The molecule has 0 bridgehead atoms. The van der Waals surface area contributed by atoms with Crippen LogP contribution in [0.5, 0.6) is 0 Å². The van der Waals surface area contributed by atoms with E-state index in [0.29, 0.717) is 6.04 Å². The monoisotopic (exact) mass is 294 g/mol. The molecule has 112 valence electrons. The van der Waals surface area contributed by atoms with E-state index < -0.39 is 0 Å². The van der Waals surface area contributed by atoms with Crippen molar-refractivity contribution in [2.24, 2.45) is 0 Å². The predicted octanol–water partition coefficient (Wildman–Crippen LogP) is 1.87. The number of nitrogens with one attached hydrogen (secondary N) is 2. The van der Waals surface area contributed by atoms with Crippen molar-refractivity contribution in [1.82, 2.24) is 24.7 Å². The Morgan fingerprint density at radius 2 is 2.23 bits per heavy atom. The number of hydrogen-bond donors (Lipinski definition) is 2. The molecule has 0 spiro atoms. The summed E-state index contributed by atoms with van der Waals surface area (Å²) >= 11 is 0. The smallest absolute Gasteiger partial charge is 0.148 e. The minimum absolute atomic E-state index is 0.422. The lowest BCUT2D eigenvalue weighted by atomic mass is 10.2. The van der Waals surface area contributed by atoms with Gasteiger partial charge in [0.05, 0.1) is 23.8 Å². The van der Waals surface area contributed by atoms with Gasteiger partial charge in [-0.15, -0.1) is 0 Å². The van der Waals surface area contributed by atoms with Crippen molar-refractivity contribution < 1.29 is 0 Å². The van der Waals surface area contributed by atoms with Crippen LogP contribution in [0.25, 0.3) is 17.0 Å². The molecule has 22 heavy (non-hydrogen) atoms. The molecule has 3 aromatic heterocycles. The van der Waals surface area contributed by atoms with Crippen molar-refractivity contribution in [2.75, 3.05) is 18.4 Å². The highest BCUT2D eigenvalue weighted by Gasteiger charge is 2.17. The molecule has 0 unspecified atom stereocenters. The van der Waals surface area contributed by atoms with Crippen molar-refractivity contribution in [3.63, 3.8) is 0 Å². The van der Waals surface area contributed by atoms with Crippen LogP contribution in [0, 0.1) is 6.92 Å². The third-order valence-electron chi connectivity index (χ3n) is 4.04. The highest BCUT2D eigenvalue weighted by atomic mass is 15.1. The second kappa shape index (κ2) is 5.38. The predicted molar refractivity (Wildman–Crippen MR) is 85.9 cm³/mol. The van der Waals surface area contributed by atoms with Gasteiger partial charge in [-0.2, -0.15) is 0 Å². The standard InChI is InChI=1S/C16H18N6/c1-11-16(20-12-5-6-17-8-12)21-13(9-18-11)14-10-19-15-4-2-3-7-22(14)15/h2-4,7,9-10,12,17H,5-6,8H2,1H3,(H,20,21)/t12-/m1/s1. The Hall–Kier alpha value is -2.47. The zero-order valence-electron chi connectivity index (χ0n) is 12.5. The van der Waals surface area contributed by atoms with Crippen molar-refractivity contribution >= 4 is 11.5 Å². The summed E-state index contributed by atoms with van der Waals surface area (Å²) in [7, 11) is 0. The molecule has 4 heterocycles. The van der Waals surface area contributed by atoms with Crippen molar-refractivity contribution in [2.45, 2.75) is 19.4 Å². The molecule has 0 aromatic carbocycles. The minimum atomic E-state index is 0.422. The van der Waals surface area contributed by atoms with Gasteiger partial charge in [0.25, 0.3) is 0 Å². The maximum Gasteiger partial charge on any atom is 0.148 e. The Kier molecular flexibility index (Phi) is 3.23. The summed E-state index contributed by atoms with van der Waals surface area (Å²) in [4.78, 5) is 13.7. The maximum absolute atomic E-state index is 4.77. The molecular weight excluding hydrogens is 276 g/mol. The van der Waals surface area contributed by atoms with Crippen LogP contribution < -0.4 is 10.6 Å². The summed E-state index contributed by atoms with van der Waals surface area (Å²) in [5.41, 5.74) is 3.62. The van der Waals surface area contributed by atoms with E-state index in [1.54, 1.807) is 0 Å². The summed E-state index contributed by atoms with van der Waals surface area (Å²) < 4.78 is 2.03. The van der Waals surface area contributed by atoms with Gasteiger partial charge < -0.3 is 10.6 Å². The highest BCUT2D eigenvalue weighted by Crippen LogP contribution is 2.21. The van der Waals surface area contributed by atoms with Crippen LogP contribution >= 0.6 is 0 Å². The van der Waals surface area contributed by atoms with Gasteiger partial charge in [-0.05, 0) is 32.0 Å². The molecule has 1 fully saturated rings. The van der Waals surface area contributed by atoms with Crippen LogP contribution in [0.4, 0.5) is 5.82 Å². The summed E-state index contributed by atoms with van der Waals surface area (Å²) in [6.07, 6.45) is 6.76. The molecule has 1 aliphatic rings. The van der Waals surface area contributed by atoms with Gasteiger partial charge >= 0.3 is 0 Å². The Labute approximate surface area is 128 Å². The van der Waals surface area contributed by atoms with E-state index in [-0.39, 0.29) is 0 Å². The van der Waals surface area contributed by atoms with Crippen LogP contribution in [0.15, 0.2) is 36.8 Å². The lowest BCUT2D eigenvalue weighted by Crippen LogP contribution is -2.23. The average molecular weight is 294 g/mol. The van der Waals surface area contributed by atoms with E-state index in [4.69, 9.17) is 4.98 Å². The zero-order chi connectivity index (χ0) is 14.9. The molecule has 6 heteroatoms. The molecule has 6 nitrogen and oxygen atoms in total. The number of imidazole rings is 1. The van der Waals surface area contributed by atoms with Gasteiger partial charge in [0.15, 0.2) is 0 Å². The number of pyridine rings is 1. The molecule has 3 aromatic rings. The van der Waals surface area contributed by atoms with E-state index >= 15 is 0 Å². The summed E-state index contributed by atoms with van der Waals surface area (Å²) in [5, 5.41) is 6.85. The van der Waals surface area contributed by atoms with Gasteiger partial charge in [-0.25, -0.2) is 9.97 Å². The normalized spacial score (nSPS) is 18.0. The maximum atomic E-state index is 4.77. The summed E-state index contributed by atoms with van der Waals surface area (Å²) in [5.74, 6) is 0.858. The Bertz CT molecular complexity index is 803. The molecule has 4 rings (SSSR count). The third kappa shape index (κ3) is 2.31. The number of rotatable bonds is 3. The fraction of sp³-hybridized carbons (Fsp3) is 0.312. The molecule has 0 amide bonds. The van der Waals surface area contributed by atoms with Gasteiger partial charge in [-0.1, -0.05) is 6.07 Å². The lowest BCUT2D eigenvalue weighted by molar-refractivity contribution is 0.784. The quantitative estimate of drug-likeness (QED) is 0.772. The lowest BCUT2D eigenvalue weighted by Gasteiger charge is -2.14. The SMILES string of the molecule is Cc1ncc(-c2cnc3ccccn23)nc1N[C@@H]1CCNC1. The van der Waals surface area contributed by atoms with Crippen molar-refractivity contribution in [3.05, 3.63) is 42.5 Å². The highest BCUT2D eigenvalue weighted by molar-refractivity contribution is 5.61. The Balaban J connectivity index is 1.72. The van der Waals surface area contributed by atoms with Gasteiger partial charge in [0.1, 0.15) is 17.2 Å². The fourth-order valence-corrected chi connectivity index (χ4v) is 2.80. The average Bonchev–Trinajstić information content (AvgIpc) is 3.19. The van der Waals surface area contributed by atoms with Gasteiger partial charge in [-0.3, -0.25) is 9.38 Å². The van der Waals surface area contributed by atoms with E-state index in [0.717, 1.165) is 48.1 Å². The largest absolute Gasteiger partial charge is 0.364 e. The summed E-state index contributed by atoms with van der Waals surface area (Å²) in [6, 6.07) is 6.37. The first-order valence-electron chi connectivity index (χ1n) is 7.54. The van der Waals surface area contributed by atoms with Crippen LogP contribution in [-0.2, 0) is 0 Å². The Morgan fingerprint density at radius 1 is 1.27 bits per heavy atom. The van der Waals surface area contributed by atoms with Crippen LogP contribution in [0.3, 0.4) is 0 Å². The van der Waals surface area contributed by atoms with E-state index in [9.17, 15) is 0 Å². The minimum Gasteiger partial charge on any atom is -0.364 e. The molecule has 1 atom stereocenters. The Morgan fingerprint density at radius 3 is 3.09 bits per heavy atom. The zero-order valence-corrected chi connectivity index (χ0v) is 12.5. The summed E-state index contributed by atoms with van der Waals surface area (Å²) in [6.45, 7) is 4.01.